The third-order valence-electron chi connectivity index (χ3n) is 1.77. The number of hydrogen-bond donors (Lipinski definition) is 0. The molecule has 0 atom stereocenters. The van der Waals surface area contributed by atoms with Crippen LogP contribution in [0.4, 0.5) is 0 Å². The molecule has 1 aromatic carbocycles. The summed E-state index contributed by atoms with van der Waals surface area (Å²) < 4.78 is 5.50. The summed E-state index contributed by atoms with van der Waals surface area (Å²) in [6.07, 6.45) is 0. The average molecular weight is 221 g/mol. The molecular formula is C11H9ClN2O. The highest BCUT2D eigenvalue weighted by Crippen LogP contribution is 2.20. The number of aromatic nitrogens is 2. The maximum Gasteiger partial charge on any atom is 0.225 e. The Morgan fingerprint density at radius 1 is 1.13 bits per heavy atom. The molecule has 1 aromatic heterocycles. The Balaban J connectivity index is 2.25. The highest BCUT2D eigenvalue weighted by molar-refractivity contribution is 6.28. The number of benzene rings is 1. The van der Waals surface area contributed by atoms with Gasteiger partial charge in [-0.15, -0.1) is 0 Å². The summed E-state index contributed by atoms with van der Waals surface area (Å²) in [5.41, 5.74) is 0.779. The van der Waals surface area contributed by atoms with Crippen LogP contribution in [0.1, 0.15) is 5.69 Å². The minimum Gasteiger partial charge on any atom is -0.439 e. The lowest BCUT2D eigenvalue weighted by Gasteiger charge is -2.04. The van der Waals surface area contributed by atoms with E-state index in [1.807, 2.05) is 37.3 Å². The van der Waals surface area contributed by atoms with Gasteiger partial charge >= 0.3 is 0 Å². The molecule has 1 heterocycles. The fraction of sp³-hybridized carbons (Fsp3) is 0.0909. The van der Waals surface area contributed by atoms with E-state index in [-0.39, 0.29) is 5.28 Å². The summed E-state index contributed by atoms with van der Waals surface area (Å²) in [5.74, 6) is 1.19. The first kappa shape index (κ1) is 9.93. The smallest absolute Gasteiger partial charge is 0.225 e. The summed E-state index contributed by atoms with van der Waals surface area (Å²) >= 11 is 5.71. The Morgan fingerprint density at radius 3 is 2.53 bits per heavy atom. The van der Waals surface area contributed by atoms with E-state index < -0.39 is 0 Å². The zero-order valence-electron chi connectivity index (χ0n) is 8.14. The van der Waals surface area contributed by atoms with Gasteiger partial charge in [-0.2, -0.15) is 4.98 Å². The van der Waals surface area contributed by atoms with E-state index in [0.717, 1.165) is 11.4 Å². The zero-order valence-corrected chi connectivity index (χ0v) is 8.90. The molecule has 2 rings (SSSR count). The molecule has 0 unspecified atom stereocenters. The van der Waals surface area contributed by atoms with Gasteiger partial charge in [0.15, 0.2) is 0 Å². The molecule has 0 saturated heterocycles. The highest BCUT2D eigenvalue weighted by Gasteiger charge is 2.01. The Kier molecular flexibility index (Phi) is 2.83. The largest absolute Gasteiger partial charge is 0.439 e. The molecule has 0 radical (unpaired) electrons. The molecule has 0 aliphatic carbocycles. The van der Waals surface area contributed by atoms with E-state index in [1.165, 1.54) is 0 Å². The van der Waals surface area contributed by atoms with Gasteiger partial charge in [0.05, 0.1) is 0 Å². The van der Waals surface area contributed by atoms with Crippen molar-refractivity contribution in [2.24, 2.45) is 0 Å². The van der Waals surface area contributed by atoms with Crippen LogP contribution in [-0.2, 0) is 0 Å². The molecule has 0 spiro atoms. The minimum absolute atomic E-state index is 0.195. The van der Waals surface area contributed by atoms with Crippen molar-refractivity contribution in [3.8, 4) is 11.6 Å². The average Bonchev–Trinajstić information content (AvgIpc) is 2.17. The van der Waals surface area contributed by atoms with E-state index in [0.29, 0.717) is 5.88 Å². The van der Waals surface area contributed by atoms with Crippen LogP contribution in [0.5, 0.6) is 11.6 Å². The van der Waals surface area contributed by atoms with Crippen molar-refractivity contribution in [2.75, 3.05) is 0 Å². The van der Waals surface area contributed by atoms with Crippen molar-refractivity contribution in [1.82, 2.24) is 9.97 Å². The molecule has 0 amide bonds. The molecule has 3 nitrogen and oxygen atoms in total. The molecule has 4 heteroatoms. The van der Waals surface area contributed by atoms with Crippen LogP contribution in [0.15, 0.2) is 36.4 Å². The first-order chi connectivity index (χ1) is 7.24. The van der Waals surface area contributed by atoms with Gasteiger partial charge in [-0.25, -0.2) is 4.98 Å². The molecule has 76 valence electrons. The van der Waals surface area contributed by atoms with E-state index in [2.05, 4.69) is 9.97 Å². The first-order valence-corrected chi connectivity index (χ1v) is 4.86. The van der Waals surface area contributed by atoms with Crippen molar-refractivity contribution in [3.05, 3.63) is 47.4 Å². The van der Waals surface area contributed by atoms with Gasteiger partial charge in [0.2, 0.25) is 11.2 Å². The predicted molar refractivity (Wildman–Crippen MR) is 58.3 cm³/mol. The van der Waals surface area contributed by atoms with Crippen LogP contribution >= 0.6 is 11.6 Å². The topological polar surface area (TPSA) is 35.0 Å². The molecule has 2 aromatic rings. The van der Waals surface area contributed by atoms with Crippen molar-refractivity contribution < 1.29 is 4.74 Å². The van der Waals surface area contributed by atoms with Gasteiger partial charge in [-0.1, -0.05) is 18.2 Å². The van der Waals surface area contributed by atoms with E-state index in [9.17, 15) is 0 Å². The first-order valence-electron chi connectivity index (χ1n) is 4.48. The Bertz CT molecular complexity index is 439. The van der Waals surface area contributed by atoms with Gasteiger partial charge in [0.25, 0.3) is 0 Å². The third kappa shape index (κ3) is 2.67. The van der Waals surface area contributed by atoms with E-state index >= 15 is 0 Å². The summed E-state index contributed by atoms with van der Waals surface area (Å²) in [6, 6.07) is 11.1. The van der Waals surface area contributed by atoms with Crippen molar-refractivity contribution >= 4 is 11.6 Å². The molecule has 0 bridgehead atoms. The van der Waals surface area contributed by atoms with Gasteiger partial charge in [0.1, 0.15) is 5.75 Å². The Labute approximate surface area is 92.7 Å². The number of para-hydroxylation sites is 1. The summed E-state index contributed by atoms with van der Waals surface area (Å²) in [4.78, 5) is 7.91. The second kappa shape index (κ2) is 4.28. The van der Waals surface area contributed by atoms with Gasteiger partial charge < -0.3 is 4.74 Å². The Hall–Kier alpha value is -1.61. The quantitative estimate of drug-likeness (QED) is 0.729. The SMILES string of the molecule is Cc1cc(Oc2ccccc2)nc(Cl)n1. The maximum atomic E-state index is 5.71. The fourth-order valence-corrected chi connectivity index (χ4v) is 1.38. The normalized spacial score (nSPS) is 10.0. The number of nitrogens with zero attached hydrogens (tertiary/aromatic N) is 2. The lowest BCUT2D eigenvalue weighted by Crippen LogP contribution is -1.92. The van der Waals surface area contributed by atoms with Gasteiger partial charge in [0, 0.05) is 11.8 Å². The van der Waals surface area contributed by atoms with Crippen molar-refractivity contribution in [3.63, 3.8) is 0 Å². The van der Waals surface area contributed by atoms with Crippen LogP contribution in [0, 0.1) is 6.92 Å². The van der Waals surface area contributed by atoms with Gasteiger partial charge in [-0.05, 0) is 30.7 Å². The fourth-order valence-electron chi connectivity index (χ4n) is 1.17. The molecule has 15 heavy (non-hydrogen) atoms. The lowest BCUT2D eigenvalue weighted by molar-refractivity contribution is 0.461. The summed E-state index contributed by atoms with van der Waals surface area (Å²) in [7, 11) is 0. The molecule has 0 aliphatic heterocycles. The van der Waals surface area contributed by atoms with Crippen LogP contribution in [0.3, 0.4) is 0 Å². The van der Waals surface area contributed by atoms with Crippen LogP contribution in [0.25, 0.3) is 0 Å². The lowest BCUT2D eigenvalue weighted by atomic mass is 10.3. The van der Waals surface area contributed by atoms with E-state index in [1.54, 1.807) is 6.07 Å². The monoisotopic (exact) mass is 220 g/mol. The maximum absolute atomic E-state index is 5.71. The molecule has 0 aliphatic rings. The van der Waals surface area contributed by atoms with Crippen LogP contribution < -0.4 is 4.74 Å². The second-order valence-corrected chi connectivity index (χ2v) is 3.37. The van der Waals surface area contributed by atoms with Crippen LogP contribution in [-0.4, -0.2) is 9.97 Å². The number of rotatable bonds is 2. The second-order valence-electron chi connectivity index (χ2n) is 3.03. The molecule has 0 N–H and O–H groups in total. The van der Waals surface area contributed by atoms with E-state index in [4.69, 9.17) is 16.3 Å². The molecule has 0 saturated carbocycles. The van der Waals surface area contributed by atoms with Crippen LogP contribution in [0.2, 0.25) is 5.28 Å². The van der Waals surface area contributed by atoms with Crippen molar-refractivity contribution in [2.45, 2.75) is 6.92 Å². The predicted octanol–water partition coefficient (Wildman–Crippen LogP) is 3.23. The summed E-state index contributed by atoms with van der Waals surface area (Å²) in [5, 5.41) is 0.195. The number of halogens is 1. The van der Waals surface area contributed by atoms with Gasteiger partial charge in [-0.3, -0.25) is 0 Å². The zero-order chi connectivity index (χ0) is 10.7. The Morgan fingerprint density at radius 2 is 1.87 bits per heavy atom. The number of hydrogen-bond acceptors (Lipinski definition) is 3. The molecule has 0 fully saturated rings. The highest BCUT2D eigenvalue weighted by atomic mass is 35.5. The summed E-state index contributed by atoms with van der Waals surface area (Å²) in [6.45, 7) is 1.84. The number of ether oxygens (including phenoxy) is 1. The third-order valence-corrected chi connectivity index (χ3v) is 1.94. The van der Waals surface area contributed by atoms with Crippen molar-refractivity contribution in [1.29, 1.82) is 0 Å². The number of aryl methyl sites for hydroxylation is 1. The minimum atomic E-state index is 0.195. The molecular weight excluding hydrogens is 212 g/mol. The standard InChI is InChI=1S/C11H9ClN2O/c1-8-7-10(14-11(12)13-8)15-9-5-3-2-4-6-9/h2-7H,1H3.